The first-order valence-corrected chi connectivity index (χ1v) is 12.2. The fourth-order valence-corrected chi connectivity index (χ4v) is 6.19. The van der Waals surface area contributed by atoms with Crippen LogP contribution >= 0.6 is 23.1 Å². The molecule has 2 aromatic heterocycles. The zero-order valence-corrected chi connectivity index (χ0v) is 19.7. The van der Waals surface area contributed by atoms with Gasteiger partial charge in [0, 0.05) is 16.8 Å². The van der Waals surface area contributed by atoms with Crippen molar-refractivity contribution in [3.05, 3.63) is 40.5 Å². The first-order valence-electron chi connectivity index (χ1n) is 10.4. The molecule has 8 heteroatoms. The van der Waals surface area contributed by atoms with Gasteiger partial charge in [-0.05, 0) is 54.9 Å². The number of aryl methyl sites for hydroxylation is 1. The maximum Gasteiger partial charge on any atom is 0.230 e. The van der Waals surface area contributed by atoms with Crippen molar-refractivity contribution < 1.29 is 14.3 Å². The van der Waals surface area contributed by atoms with Crippen molar-refractivity contribution in [3.63, 3.8) is 0 Å². The van der Waals surface area contributed by atoms with E-state index < -0.39 is 0 Å². The Labute approximate surface area is 190 Å². The topological polar surface area (TPSA) is 73.3 Å². The molecule has 3 aromatic rings. The Bertz CT molecular complexity index is 1080. The number of thioether (sulfide) groups is 1. The fourth-order valence-electron chi connectivity index (χ4n) is 3.92. The predicted molar refractivity (Wildman–Crippen MR) is 126 cm³/mol. The molecule has 31 heavy (non-hydrogen) atoms. The molecule has 1 aliphatic rings. The largest absolute Gasteiger partial charge is 0.493 e. The molecule has 1 amide bonds. The summed E-state index contributed by atoms with van der Waals surface area (Å²) in [4.78, 5) is 23.9. The highest BCUT2D eigenvalue weighted by molar-refractivity contribution is 8.00. The van der Waals surface area contributed by atoms with Crippen LogP contribution in [0.5, 0.6) is 11.5 Å². The van der Waals surface area contributed by atoms with E-state index in [-0.39, 0.29) is 5.91 Å². The number of rotatable bonds is 8. The number of aromatic nitrogens is 2. The van der Waals surface area contributed by atoms with E-state index in [4.69, 9.17) is 9.47 Å². The second kappa shape index (κ2) is 9.87. The number of fused-ring (bicyclic) bond motifs is 3. The van der Waals surface area contributed by atoms with Crippen LogP contribution < -0.4 is 14.8 Å². The monoisotopic (exact) mass is 457 g/mol. The normalized spacial score (nSPS) is 15.5. The Morgan fingerprint density at radius 2 is 2.10 bits per heavy atom. The molecule has 6 nitrogen and oxygen atoms in total. The highest BCUT2D eigenvalue weighted by Gasteiger charge is 2.23. The number of carbonyl (C=O) groups excluding carboxylic acids is 1. The van der Waals surface area contributed by atoms with Gasteiger partial charge in [0.15, 0.2) is 11.5 Å². The third-order valence-electron chi connectivity index (χ3n) is 5.58. The molecule has 2 heterocycles. The number of amides is 1. The van der Waals surface area contributed by atoms with Gasteiger partial charge >= 0.3 is 0 Å². The third-order valence-corrected chi connectivity index (χ3v) is 7.73. The van der Waals surface area contributed by atoms with Crippen molar-refractivity contribution >= 4 is 39.2 Å². The van der Waals surface area contributed by atoms with Crippen LogP contribution in [-0.4, -0.2) is 42.4 Å². The van der Waals surface area contributed by atoms with Gasteiger partial charge in [-0.15, -0.1) is 11.3 Å². The van der Waals surface area contributed by atoms with E-state index in [9.17, 15) is 4.79 Å². The lowest BCUT2D eigenvalue weighted by Crippen LogP contribution is -2.27. The highest BCUT2D eigenvalue weighted by Crippen LogP contribution is 2.40. The Morgan fingerprint density at radius 3 is 2.90 bits per heavy atom. The molecule has 4 rings (SSSR count). The maximum absolute atomic E-state index is 12.4. The number of ether oxygens (including phenoxy) is 2. The van der Waals surface area contributed by atoms with Crippen LogP contribution in [-0.2, 0) is 24.1 Å². The summed E-state index contributed by atoms with van der Waals surface area (Å²) in [5.74, 6) is 2.48. The smallest absolute Gasteiger partial charge is 0.230 e. The minimum absolute atomic E-state index is 0.00922. The standard InChI is InChI=1S/C23H27N3O3S2/c1-14-4-6-16-19(10-14)31-23-21(16)22(25-13-26-23)30-12-20(27)24-9-8-15-5-7-17(28-2)18(11-15)29-3/h5,7,11,13-14H,4,6,8-10,12H2,1-3H3,(H,24,27). The van der Waals surface area contributed by atoms with Gasteiger partial charge in [0.2, 0.25) is 5.91 Å². The quantitative estimate of drug-likeness (QED) is 0.402. The average Bonchev–Trinajstić information content (AvgIpc) is 3.15. The minimum atomic E-state index is 0.00922. The molecule has 0 bridgehead atoms. The molecule has 1 unspecified atom stereocenters. The van der Waals surface area contributed by atoms with Crippen molar-refractivity contribution in [3.8, 4) is 11.5 Å². The number of benzene rings is 1. The van der Waals surface area contributed by atoms with Gasteiger partial charge in [-0.2, -0.15) is 0 Å². The fraction of sp³-hybridized carbons (Fsp3) is 0.435. The van der Waals surface area contributed by atoms with E-state index in [1.54, 1.807) is 31.9 Å². The van der Waals surface area contributed by atoms with Crippen molar-refractivity contribution in [2.45, 2.75) is 37.6 Å². The summed E-state index contributed by atoms with van der Waals surface area (Å²) < 4.78 is 10.6. The second-order valence-electron chi connectivity index (χ2n) is 7.79. The van der Waals surface area contributed by atoms with Gasteiger partial charge in [-0.25, -0.2) is 9.97 Å². The SMILES string of the molecule is COc1ccc(CCNC(=O)CSc2ncnc3sc4c(c23)CCC(C)C4)cc1OC. The highest BCUT2D eigenvalue weighted by atomic mass is 32.2. The molecule has 0 saturated carbocycles. The van der Waals surface area contributed by atoms with Crippen molar-refractivity contribution in [2.24, 2.45) is 5.92 Å². The molecule has 164 valence electrons. The zero-order valence-electron chi connectivity index (χ0n) is 18.1. The number of nitrogens with zero attached hydrogens (tertiary/aromatic N) is 2. The molecule has 0 radical (unpaired) electrons. The summed E-state index contributed by atoms with van der Waals surface area (Å²) in [7, 11) is 3.24. The minimum Gasteiger partial charge on any atom is -0.493 e. The van der Waals surface area contributed by atoms with Crippen LogP contribution in [0.25, 0.3) is 10.2 Å². The van der Waals surface area contributed by atoms with E-state index in [0.29, 0.717) is 23.8 Å². The van der Waals surface area contributed by atoms with Crippen molar-refractivity contribution in [2.75, 3.05) is 26.5 Å². The van der Waals surface area contributed by atoms with Gasteiger partial charge in [0.25, 0.3) is 0 Å². The first-order chi connectivity index (χ1) is 15.1. The Hall–Kier alpha value is -2.32. The molecule has 1 aromatic carbocycles. The van der Waals surface area contributed by atoms with Crippen LogP contribution in [0.1, 0.15) is 29.3 Å². The molecule has 1 aliphatic carbocycles. The molecule has 0 spiro atoms. The lowest BCUT2D eigenvalue weighted by atomic mass is 9.89. The van der Waals surface area contributed by atoms with E-state index in [1.165, 1.54) is 28.6 Å². The van der Waals surface area contributed by atoms with Crippen molar-refractivity contribution in [1.29, 1.82) is 0 Å². The van der Waals surface area contributed by atoms with Gasteiger partial charge in [-0.3, -0.25) is 4.79 Å². The predicted octanol–water partition coefficient (Wildman–Crippen LogP) is 4.28. The summed E-state index contributed by atoms with van der Waals surface area (Å²) in [6.45, 7) is 2.88. The van der Waals surface area contributed by atoms with Crippen LogP contribution in [0.15, 0.2) is 29.6 Å². The maximum atomic E-state index is 12.4. The molecule has 1 N–H and O–H groups in total. The first kappa shape index (κ1) is 21.9. The number of carbonyl (C=O) groups is 1. The Kier molecular flexibility index (Phi) is 6.97. The lowest BCUT2D eigenvalue weighted by molar-refractivity contribution is -0.118. The second-order valence-corrected chi connectivity index (χ2v) is 9.84. The van der Waals surface area contributed by atoms with Crippen LogP contribution in [0.4, 0.5) is 0 Å². The van der Waals surface area contributed by atoms with E-state index >= 15 is 0 Å². The molecular weight excluding hydrogens is 430 g/mol. The third kappa shape index (κ3) is 4.96. The lowest BCUT2D eigenvalue weighted by Gasteiger charge is -2.18. The number of methoxy groups -OCH3 is 2. The van der Waals surface area contributed by atoms with Crippen LogP contribution in [0, 0.1) is 5.92 Å². The van der Waals surface area contributed by atoms with Crippen LogP contribution in [0.2, 0.25) is 0 Å². The number of nitrogens with one attached hydrogen (secondary N) is 1. The van der Waals surface area contributed by atoms with E-state index in [1.807, 2.05) is 18.2 Å². The summed E-state index contributed by atoms with van der Waals surface area (Å²) in [5, 5.41) is 5.09. The van der Waals surface area contributed by atoms with Gasteiger partial charge in [0.05, 0.1) is 20.0 Å². The molecule has 1 atom stereocenters. The Morgan fingerprint density at radius 1 is 1.26 bits per heavy atom. The van der Waals surface area contributed by atoms with Gasteiger partial charge in [-0.1, -0.05) is 24.8 Å². The molecule has 0 fully saturated rings. The summed E-state index contributed by atoms with van der Waals surface area (Å²) in [6.07, 6.45) is 5.75. The summed E-state index contributed by atoms with van der Waals surface area (Å²) >= 11 is 3.29. The molecular formula is C23H27N3O3S2. The number of hydrogen-bond donors (Lipinski definition) is 1. The van der Waals surface area contributed by atoms with Gasteiger partial charge < -0.3 is 14.8 Å². The van der Waals surface area contributed by atoms with Gasteiger partial charge in [0.1, 0.15) is 16.2 Å². The molecule has 0 saturated heterocycles. The summed E-state index contributed by atoms with van der Waals surface area (Å²) in [5.41, 5.74) is 2.48. The van der Waals surface area contributed by atoms with Crippen LogP contribution in [0.3, 0.4) is 0 Å². The zero-order chi connectivity index (χ0) is 21.8. The molecule has 0 aliphatic heterocycles. The van der Waals surface area contributed by atoms with E-state index in [0.717, 1.165) is 46.0 Å². The Balaban J connectivity index is 1.34. The number of hydrogen-bond acceptors (Lipinski definition) is 7. The van der Waals surface area contributed by atoms with E-state index in [2.05, 4.69) is 22.2 Å². The average molecular weight is 458 g/mol. The number of thiophene rings is 1. The summed E-state index contributed by atoms with van der Waals surface area (Å²) in [6, 6.07) is 5.81. The van der Waals surface area contributed by atoms with Crippen molar-refractivity contribution in [1.82, 2.24) is 15.3 Å².